The van der Waals surface area contributed by atoms with E-state index in [4.69, 9.17) is 0 Å². The number of aromatic amines is 1. The number of nitrogens with zero attached hydrogens (tertiary/aromatic N) is 5. The van der Waals surface area contributed by atoms with Crippen LogP contribution in [0.2, 0.25) is 0 Å². The Labute approximate surface area is 308 Å². The number of hydrogen-bond acceptors (Lipinski definition) is 11. The van der Waals surface area contributed by atoms with Gasteiger partial charge in [0.2, 0.25) is 11.8 Å². The molecule has 4 aromatic rings. The minimum Gasteiger partial charge on any atom is -0.380 e. The summed E-state index contributed by atoms with van der Waals surface area (Å²) in [5.74, 6) is -3.73. The van der Waals surface area contributed by atoms with E-state index in [1.165, 1.54) is 6.07 Å². The van der Waals surface area contributed by atoms with Crippen LogP contribution in [0.3, 0.4) is 0 Å². The maximum atomic E-state index is 15.1. The second-order valence-corrected chi connectivity index (χ2v) is 14.2. The summed E-state index contributed by atoms with van der Waals surface area (Å²) in [6, 6.07) is 8.21. The smallest absolute Gasteiger partial charge is 0.270 e. The third-order valence-electron chi connectivity index (χ3n) is 10.7. The number of piperazine rings is 1. The van der Waals surface area contributed by atoms with Crippen molar-refractivity contribution in [1.82, 2.24) is 35.4 Å². The zero-order valence-corrected chi connectivity index (χ0v) is 29.5. The standard InChI is InChI=1S/C38H38FN9O6/c1-2-21-12-30-31(44-34(21)50)11-20(17-40-30)19-46-7-9-47(10-8-46)24-3-4-28(41-18-24)35(51)43-23-13-22(14-23)42-29-16-26-25(15-27(29)39)37(53)48(38(26)54)32-5-6-33(49)45-36(32)52/h3-4,11-12,15-18,22-23,32,42H,2,5-10,13-14,19H2,1H3,(H,43,51)(H,44,50)(H,45,49,52)/t22-,23+,32?. The Hall–Kier alpha value is -6.03. The summed E-state index contributed by atoms with van der Waals surface area (Å²) in [6.45, 7) is 5.89. The van der Waals surface area contributed by atoms with Crippen LogP contribution in [-0.4, -0.2) is 98.6 Å². The topological polar surface area (TPSA) is 190 Å². The van der Waals surface area contributed by atoms with Gasteiger partial charge in [0.25, 0.3) is 23.3 Å². The lowest BCUT2D eigenvalue weighted by Gasteiger charge is -2.37. The Balaban J connectivity index is 0.803. The predicted molar refractivity (Wildman–Crippen MR) is 194 cm³/mol. The molecule has 1 unspecified atom stereocenters. The molecule has 1 saturated carbocycles. The van der Waals surface area contributed by atoms with Gasteiger partial charge in [0.1, 0.15) is 17.6 Å². The SMILES string of the molecule is CCc1cc2ncc(CN3CCN(c4ccc(C(=O)N[C@H]5C[C@@H](Nc6cc7c(cc6F)C(=O)N(C6CCC(=O)NC6=O)C7=O)C5)nc4)CC3)cc2[nH]c1=O. The van der Waals surface area contributed by atoms with Crippen LogP contribution in [0.4, 0.5) is 15.8 Å². The monoisotopic (exact) mass is 735 g/mol. The highest BCUT2D eigenvalue weighted by Gasteiger charge is 2.45. The number of aryl methyl sites for hydroxylation is 1. The number of halogens is 1. The van der Waals surface area contributed by atoms with Gasteiger partial charge in [0.05, 0.1) is 39.7 Å². The van der Waals surface area contributed by atoms with Crippen LogP contribution in [0.5, 0.6) is 0 Å². The van der Waals surface area contributed by atoms with Crippen LogP contribution in [-0.2, 0) is 22.6 Å². The number of H-pyrrole nitrogens is 1. The first-order valence-electron chi connectivity index (χ1n) is 18.1. The molecule has 1 aromatic carbocycles. The van der Waals surface area contributed by atoms with Crippen LogP contribution in [0.25, 0.3) is 11.0 Å². The fourth-order valence-electron chi connectivity index (χ4n) is 7.58. The number of hydrogen-bond donors (Lipinski definition) is 4. The molecule has 278 valence electrons. The highest BCUT2D eigenvalue weighted by Crippen LogP contribution is 2.33. The Morgan fingerprint density at radius 1 is 0.926 bits per heavy atom. The van der Waals surface area contributed by atoms with E-state index in [-0.39, 0.29) is 58.9 Å². The number of aromatic nitrogens is 3. The van der Waals surface area contributed by atoms with E-state index in [0.717, 1.165) is 71.5 Å². The van der Waals surface area contributed by atoms with Crippen molar-refractivity contribution in [3.8, 4) is 0 Å². The zero-order valence-electron chi connectivity index (χ0n) is 29.5. The van der Waals surface area contributed by atoms with E-state index in [1.54, 1.807) is 12.3 Å². The number of rotatable bonds is 9. The van der Waals surface area contributed by atoms with Crippen molar-refractivity contribution in [1.29, 1.82) is 0 Å². The molecule has 0 spiro atoms. The van der Waals surface area contributed by atoms with Gasteiger partial charge >= 0.3 is 0 Å². The van der Waals surface area contributed by atoms with Crippen molar-refractivity contribution >= 4 is 51.9 Å². The van der Waals surface area contributed by atoms with Gasteiger partial charge in [-0.15, -0.1) is 0 Å². The maximum absolute atomic E-state index is 15.1. The fraction of sp³-hybridized carbons (Fsp3) is 0.368. The first-order valence-corrected chi connectivity index (χ1v) is 18.1. The van der Waals surface area contributed by atoms with Crippen LogP contribution in [0, 0.1) is 5.82 Å². The number of carbonyl (C=O) groups excluding carboxylic acids is 5. The summed E-state index contributed by atoms with van der Waals surface area (Å²) in [4.78, 5) is 92.5. The van der Waals surface area contributed by atoms with Crippen molar-refractivity contribution in [3.05, 3.63) is 92.9 Å². The van der Waals surface area contributed by atoms with E-state index in [1.807, 2.05) is 31.3 Å². The number of carbonyl (C=O) groups is 5. The first-order chi connectivity index (χ1) is 26.0. The van der Waals surface area contributed by atoms with Crippen LogP contribution in [0.15, 0.2) is 53.6 Å². The van der Waals surface area contributed by atoms with Crippen LogP contribution < -0.4 is 26.4 Å². The quantitative estimate of drug-likeness (QED) is 0.184. The van der Waals surface area contributed by atoms with E-state index < -0.39 is 35.5 Å². The molecule has 3 aliphatic heterocycles. The lowest BCUT2D eigenvalue weighted by molar-refractivity contribution is -0.136. The molecule has 0 radical (unpaired) electrons. The Morgan fingerprint density at radius 3 is 2.39 bits per heavy atom. The summed E-state index contributed by atoms with van der Waals surface area (Å²) >= 11 is 0. The number of pyridine rings is 3. The van der Waals surface area contributed by atoms with Crippen molar-refractivity contribution < 1.29 is 28.4 Å². The number of nitrogens with one attached hydrogen (secondary N) is 4. The summed E-state index contributed by atoms with van der Waals surface area (Å²) in [6.07, 6.45) is 5.23. The molecular formula is C38H38FN9O6. The van der Waals surface area contributed by atoms with E-state index >= 15 is 4.39 Å². The van der Waals surface area contributed by atoms with E-state index in [2.05, 4.69) is 40.7 Å². The highest BCUT2D eigenvalue weighted by molar-refractivity contribution is 6.23. The van der Waals surface area contributed by atoms with Gasteiger partial charge in [-0.05, 0) is 67.6 Å². The molecule has 15 nitrogen and oxygen atoms in total. The molecule has 3 aromatic heterocycles. The van der Waals surface area contributed by atoms with Gasteiger partial charge in [-0.25, -0.2) is 9.37 Å². The third kappa shape index (κ3) is 6.68. The highest BCUT2D eigenvalue weighted by atomic mass is 19.1. The summed E-state index contributed by atoms with van der Waals surface area (Å²) in [5.41, 5.74) is 4.31. The molecule has 1 aliphatic carbocycles. The van der Waals surface area contributed by atoms with Crippen molar-refractivity contribution in [2.45, 2.75) is 63.7 Å². The lowest BCUT2D eigenvalue weighted by atomic mass is 9.86. The lowest BCUT2D eigenvalue weighted by Crippen LogP contribution is -2.54. The predicted octanol–water partition coefficient (Wildman–Crippen LogP) is 2.12. The molecule has 3 fully saturated rings. The second kappa shape index (κ2) is 14.1. The van der Waals surface area contributed by atoms with E-state index in [9.17, 15) is 28.8 Å². The molecule has 5 amide bonds. The van der Waals surface area contributed by atoms with Gasteiger partial charge in [0, 0.05) is 63.0 Å². The van der Waals surface area contributed by atoms with Gasteiger partial charge in [-0.3, -0.25) is 48.9 Å². The number of fused-ring (bicyclic) bond motifs is 2. The minimum atomic E-state index is -1.14. The average molecular weight is 736 g/mol. The van der Waals surface area contributed by atoms with Crippen LogP contribution >= 0.6 is 0 Å². The summed E-state index contributed by atoms with van der Waals surface area (Å²) < 4.78 is 15.1. The van der Waals surface area contributed by atoms with Crippen molar-refractivity contribution in [3.63, 3.8) is 0 Å². The van der Waals surface area contributed by atoms with Gasteiger partial charge in [0.15, 0.2) is 0 Å². The first kappa shape index (κ1) is 35.0. The number of piperidine rings is 1. The fourth-order valence-corrected chi connectivity index (χ4v) is 7.58. The summed E-state index contributed by atoms with van der Waals surface area (Å²) in [7, 11) is 0. The number of benzene rings is 1. The minimum absolute atomic E-state index is 0.00854. The number of imide groups is 2. The molecule has 4 N–H and O–H groups in total. The molecular weight excluding hydrogens is 697 g/mol. The molecule has 16 heteroatoms. The average Bonchev–Trinajstić information content (AvgIpc) is 3.38. The van der Waals surface area contributed by atoms with Gasteiger partial charge in [-0.1, -0.05) is 6.92 Å². The van der Waals surface area contributed by atoms with Gasteiger partial charge in [-0.2, -0.15) is 0 Å². The maximum Gasteiger partial charge on any atom is 0.270 e. The van der Waals surface area contributed by atoms with Gasteiger partial charge < -0.3 is 20.5 Å². The Bertz CT molecular complexity index is 2260. The van der Waals surface area contributed by atoms with E-state index in [0.29, 0.717) is 19.3 Å². The summed E-state index contributed by atoms with van der Waals surface area (Å²) in [5, 5.41) is 8.17. The third-order valence-corrected chi connectivity index (χ3v) is 10.7. The molecule has 2 saturated heterocycles. The number of amides is 5. The normalized spacial score (nSPS) is 21.6. The second-order valence-electron chi connectivity index (χ2n) is 14.2. The largest absolute Gasteiger partial charge is 0.380 e. The van der Waals surface area contributed by atoms with Crippen LogP contribution in [0.1, 0.15) is 74.9 Å². The molecule has 6 heterocycles. The molecule has 8 rings (SSSR count). The Morgan fingerprint density at radius 2 is 1.69 bits per heavy atom. The number of anilines is 2. The van der Waals surface area contributed by atoms with Crippen molar-refractivity contribution in [2.24, 2.45) is 0 Å². The molecule has 4 aliphatic rings. The molecule has 0 bridgehead atoms. The molecule has 54 heavy (non-hydrogen) atoms. The zero-order chi connectivity index (χ0) is 37.7. The molecule has 1 atom stereocenters. The Kier molecular flexibility index (Phi) is 9.13. The van der Waals surface area contributed by atoms with Crippen molar-refractivity contribution in [2.75, 3.05) is 36.4 Å².